The molecule has 0 aromatic heterocycles. The second-order valence-electron chi connectivity index (χ2n) is 6.15. The number of carbonyl (C=O) groups excluding carboxylic acids is 1. The van der Waals surface area contributed by atoms with Crippen molar-refractivity contribution < 1.29 is 14.3 Å². The van der Waals surface area contributed by atoms with Gasteiger partial charge in [0.15, 0.2) is 6.61 Å². The van der Waals surface area contributed by atoms with E-state index in [1.165, 1.54) is 12.8 Å². The molecule has 0 aliphatic carbocycles. The van der Waals surface area contributed by atoms with E-state index in [1.54, 1.807) is 13.2 Å². The molecule has 1 amide bonds. The predicted octanol–water partition coefficient (Wildman–Crippen LogP) is 1.77. The molecule has 0 N–H and O–H groups in total. The zero-order valence-electron chi connectivity index (χ0n) is 13.3. The van der Waals surface area contributed by atoms with Crippen molar-refractivity contribution in [3.63, 3.8) is 0 Å². The number of ether oxygens (including phenoxy) is 2. The molecule has 2 heterocycles. The number of amides is 1. The van der Waals surface area contributed by atoms with Crippen molar-refractivity contribution in [2.24, 2.45) is 0 Å². The topological polar surface area (TPSA) is 42.0 Å². The molecule has 1 aromatic carbocycles. The Bertz CT molecular complexity index is 534. The van der Waals surface area contributed by atoms with Gasteiger partial charge in [0, 0.05) is 31.2 Å². The average molecular weight is 304 g/mol. The molecule has 120 valence electrons. The van der Waals surface area contributed by atoms with E-state index in [2.05, 4.69) is 11.9 Å². The van der Waals surface area contributed by atoms with Gasteiger partial charge in [-0.25, -0.2) is 0 Å². The zero-order valence-corrected chi connectivity index (χ0v) is 13.3. The first-order valence-electron chi connectivity index (χ1n) is 7.94. The molecule has 3 rings (SSSR count). The lowest BCUT2D eigenvalue weighted by atomic mass is 10.1. The summed E-state index contributed by atoms with van der Waals surface area (Å²) < 4.78 is 10.8. The van der Waals surface area contributed by atoms with E-state index in [1.807, 2.05) is 23.1 Å². The van der Waals surface area contributed by atoms with E-state index in [0.29, 0.717) is 17.8 Å². The normalized spacial score (nSPS) is 24.9. The van der Waals surface area contributed by atoms with Crippen LogP contribution < -0.4 is 9.47 Å². The highest BCUT2D eigenvalue weighted by Gasteiger charge is 2.35. The van der Waals surface area contributed by atoms with Gasteiger partial charge in [0.05, 0.1) is 7.11 Å². The van der Waals surface area contributed by atoms with Crippen molar-refractivity contribution in [3.8, 4) is 11.5 Å². The largest absolute Gasteiger partial charge is 0.497 e. The Morgan fingerprint density at radius 1 is 1.23 bits per heavy atom. The van der Waals surface area contributed by atoms with Crippen LogP contribution in [0.3, 0.4) is 0 Å². The summed E-state index contributed by atoms with van der Waals surface area (Å²) in [6.45, 7) is 1.76. The summed E-state index contributed by atoms with van der Waals surface area (Å²) in [5, 5.41) is 0. The summed E-state index contributed by atoms with van der Waals surface area (Å²) in [4.78, 5) is 16.8. The van der Waals surface area contributed by atoms with Crippen LogP contribution in [-0.2, 0) is 4.79 Å². The molecule has 1 aromatic rings. The van der Waals surface area contributed by atoms with Crippen molar-refractivity contribution in [2.45, 2.75) is 31.3 Å². The molecular formula is C17H24N2O3. The maximum Gasteiger partial charge on any atom is 0.260 e. The second-order valence-corrected chi connectivity index (χ2v) is 6.15. The smallest absolute Gasteiger partial charge is 0.260 e. The monoisotopic (exact) mass is 304 g/mol. The minimum atomic E-state index is 0.0729. The molecular weight excluding hydrogens is 280 g/mol. The third-order valence-corrected chi connectivity index (χ3v) is 4.90. The minimum Gasteiger partial charge on any atom is -0.497 e. The first-order chi connectivity index (χ1) is 10.7. The highest BCUT2D eigenvalue weighted by Crippen LogP contribution is 2.28. The Labute approximate surface area is 131 Å². The summed E-state index contributed by atoms with van der Waals surface area (Å²) in [5.41, 5.74) is 0. The predicted molar refractivity (Wildman–Crippen MR) is 84.3 cm³/mol. The van der Waals surface area contributed by atoms with E-state index < -0.39 is 0 Å². The number of likely N-dealkylation sites (tertiary alicyclic amines) is 1. The number of hydrogen-bond donors (Lipinski definition) is 0. The number of hydrogen-bond acceptors (Lipinski definition) is 4. The van der Waals surface area contributed by atoms with Gasteiger partial charge >= 0.3 is 0 Å². The number of carbonyl (C=O) groups is 1. The molecule has 2 aliphatic rings. The van der Waals surface area contributed by atoms with Gasteiger partial charge in [-0.05, 0) is 38.4 Å². The van der Waals surface area contributed by atoms with Crippen LogP contribution in [0.2, 0.25) is 0 Å². The lowest BCUT2D eigenvalue weighted by molar-refractivity contribution is -0.133. The van der Waals surface area contributed by atoms with Crippen molar-refractivity contribution in [3.05, 3.63) is 24.3 Å². The summed E-state index contributed by atoms with van der Waals surface area (Å²) in [6, 6.07) is 8.50. The minimum absolute atomic E-state index is 0.0729. The lowest BCUT2D eigenvalue weighted by Crippen LogP contribution is -2.41. The van der Waals surface area contributed by atoms with E-state index in [9.17, 15) is 4.79 Å². The molecule has 2 unspecified atom stereocenters. The van der Waals surface area contributed by atoms with Gasteiger partial charge in [-0.15, -0.1) is 0 Å². The van der Waals surface area contributed by atoms with Crippen LogP contribution in [0.15, 0.2) is 24.3 Å². The van der Waals surface area contributed by atoms with Crippen molar-refractivity contribution in [1.29, 1.82) is 0 Å². The Morgan fingerprint density at radius 2 is 2.00 bits per heavy atom. The van der Waals surface area contributed by atoms with Crippen molar-refractivity contribution >= 4 is 5.91 Å². The fraction of sp³-hybridized carbons (Fsp3) is 0.588. The summed E-state index contributed by atoms with van der Waals surface area (Å²) in [5.74, 6) is 1.48. The third-order valence-electron chi connectivity index (χ3n) is 4.90. The van der Waals surface area contributed by atoms with Crippen LogP contribution in [0, 0.1) is 0 Å². The maximum atomic E-state index is 12.4. The Kier molecular flexibility index (Phi) is 4.52. The molecule has 22 heavy (non-hydrogen) atoms. The average Bonchev–Trinajstić information content (AvgIpc) is 2.78. The summed E-state index contributed by atoms with van der Waals surface area (Å²) in [6.07, 6.45) is 3.53. The summed E-state index contributed by atoms with van der Waals surface area (Å²) in [7, 11) is 3.80. The van der Waals surface area contributed by atoms with Gasteiger partial charge in [0.2, 0.25) is 0 Å². The molecule has 2 aliphatic heterocycles. The molecule has 0 spiro atoms. The number of fused-ring (bicyclic) bond motifs is 2. The van der Waals surface area contributed by atoms with Crippen LogP contribution in [-0.4, -0.2) is 61.6 Å². The third kappa shape index (κ3) is 3.19. The summed E-state index contributed by atoms with van der Waals surface area (Å²) >= 11 is 0. The number of likely N-dealkylation sites (N-methyl/N-ethyl adjacent to an activating group) is 1. The molecule has 2 saturated heterocycles. The van der Waals surface area contributed by atoms with Crippen molar-refractivity contribution in [2.75, 3.05) is 33.9 Å². The number of benzene rings is 1. The first-order valence-corrected chi connectivity index (χ1v) is 7.94. The van der Waals surface area contributed by atoms with Gasteiger partial charge in [0.1, 0.15) is 11.5 Å². The van der Waals surface area contributed by atoms with Crippen LogP contribution in [0.4, 0.5) is 0 Å². The van der Waals surface area contributed by atoms with Crippen molar-refractivity contribution in [1.82, 2.24) is 9.80 Å². The number of rotatable bonds is 4. The molecule has 2 atom stereocenters. The standard InChI is InChI=1S/C17H24N2O3/c1-18-13-6-7-14(18)11-19(9-8-13)17(20)12-22-16-5-3-4-15(10-16)21-2/h3-5,10,13-14H,6-9,11-12H2,1-2H3. The molecule has 0 saturated carbocycles. The van der Waals surface area contributed by atoms with E-state index in [0.717, 1.165) is 25.3 Å². The highest BCUT2D eigenvalue weighted by atomic mass is 16.5. The van der Waals surface area contributed by atoms with E-state index in [-0.39, 0.29) is 12.5 Å². The molecule has 2 fully saturated rings. The molecule has 5 heteroatoms. The molecule has 0 radical (unpaired) electrons. The zero-order chi connectivity index (χ0) is 15.5. The second kappa shape index (κ2) is 6.57. The van der Waals surface area contributed by atoms with Gasteiger partial charge in [-0.2, -0.15) is 0 Å². The fourth-order valence-electron chi connectivity index (χ4n) is 3.46. The van der Waals surface area contributed by atoms with Gasteiger partial charge < -0.3 is 14.4 Å². The quantitative estimate of drug-likeness (QED) is 0.850. The Balaban J connectivity index is 1.55. The van der Waals surface area contributed by atoms with Gasteiger partial charge in [-0.1, -0.05) is 6.07 Å². The van der Waals surface area contributed by atoms with Gasteiger partial charge in [0.25, 0.3) is 5.91 Å². The maximum absolute atomic E-state index is 12.4. The Hall–Kier alpha value is -1.75. The molecule has 5 nitrogen and oxygen atoms in total. The van der Waals surface area contributed by atoms with E-state index in [4.69, 9.17) is 9.47 Å². The fourth-order valence-corrected chi connectivity index (χ4v) is 3.46. The highest BCUT2D eigenvalue weighted by molar-refractivity contribution is 5.77. The lowest BCUT2D eigenvalue weighted by Gasteiger charge is -2.25. The number of methoxy groups -OCH3 is 1. The molecule has 2 bridgehead atoms. The van der Waals surface area contributed by atoms with E-state index >= 15 is 0 Å². The number of nitrogens with zero attached hydrogens (tertiary/aromatic N) is 2. The first kappa shape index (κ1) is 15.2. The van der Waals surface area contributed by atoms with Crippen LogP contribution in [0.25, 0.3) is 0 Å². The Morgan fingerprint density at radius 3 is 2.82 bits per heavy atom. The van der Waals surface area contributed by atoms with Gasteiger partial charge in [-0.3, -0.25) is 9.69 Å². The van der Waals surface area contributed by atoms with Crippen LogP contribution in [0.5, 0.6) is 11.5 Å². The van der Waals surface area contributed by atoms with Crippen LogP contribution >= 0.6 is 0 Å². The van der Waals surface area contributed by atoms with Crippen LogP contribution in [0.1, 0.15) is 19.3 Å². The SMILES string of the molecule is COc1cccc(OCC(=O)N2CCC3CCC(C2)N3C)c1.